The SMILES string of the molecule is C.CN1CCN(Cc2cc(NC(=O)Nc3cc(-c4ccc5cc(N)ncc5c4)n(C)n3)cc(C(F)(F)F)c2)CC1. The number of rotatable bonds is 5. The van der Waals surface area contributed by atoms with Gasteiger partial charge in [-0.3, -0.25) is 14.9 Å². The van der Waals surface area contributed by atoms with Crippen molar-refractivity contribution in [2.75, 3.05) is 49.6 Å². The number of aryl methyl sites for hydroxylation is 1. The van der Waals surface area contributed by atoms with Gasteiger partial charge in [-0.2, -0.15) is 18.3 Å². The van der Waals surface area contributed by atoms with E-state index in [9.17, 15) is 18.0 Å². The molecule has 2 aromatic carbocycles. The van der Waals surface area contributed by atoms with Crippen molar-refractivity contribution >= 4 is 34.1 Å². The van der Waals surface area contributed by atoms with Gasteiger partial charge in [-0.1, -0.05) is 19.6 Å². The molecule has 0 saturated carbocycles. The number of nitrogens with zero attached hydrogens (tertiary/aromatic N) is 5. The third-order valence-electron chi connectivity index (χ3n) is 6.74. The molecule has 0 aliphatic carbocycles. The molecule has 1 fully saturated rings. The third-order valence-corrected chi connectivity index (χ3v) is 6.74. The lowest BCUT2D eigenvalue weighted by Crippen LogP contribution is -2.43. The van der Waals surface area contributed by atoms with Gasteiger partial charge in [-0.05, 0) is 48.3 Å². The van der Waals surface area contributed by atoms with Crippen LogP contribution < -0.4 is 16.4 Å². The van der Waals surface area contributed by atoms with Crippen LogP contribution in [-0.2, 0) is 19.8 Å². The van der Waals surface area contributed by atoms with Crippen molar-refractivity contribution in [1.29, 1.82) is 0 Å². The van der Waals surface area contributed by atoms with E-state index in [1.165, 1.54) is 0 Å². The molecule has 0 bridgehead atoms. The van der Waals surface area contributed by atoms with E-state index in [4.69, 9.17) is 5.73 Å². The maximum Gasteiger partial charge on any atom is 0.416 e. The molecule has 0 unspecified atom stereocenters. The summed E-state index contributed by atoms with van der Waals surface area (Å²) < 4.78 is 42.5. The normalized spacial score (nSPS) is 14.6. The standard InChI is InChI=1S/C27H29F3N8O.CH4/c1-36-5-7-38(8-6-36)16-17-9-21(27(28,29)30)13-22(10-17)33-26(39)34-25-14-23(37(2)35-25)19-4-3-18-12-24(31)32-15-20(18)11-19;/h3-4,9-15H,5-8,16H2,1-2H3,(H2,31,32)(H2,33,34,35,39);1H4. The molecule has 0 radical (unpaired) electrons. The number of carbonyl (C=O) groups is 1. The van der Waals surface area contributed by atoms with Crippen LogP contribution >= 0.6 is 0 Å². The number of amides is 2. The Hall–Kier alpha value is -4.16. The van der Waals surface area contributed by atoms with Crippen molar-refractivity contribution in [2.45, 2.75) is 20.1 Å². The fourth-order valence-electron chi connectivity index (χ4n) is 4.68. The molecule has 2 amide bonds. The highest BCUT2D eigenvalue weighted by atomic mass is 19.4. The number of nitrogens with one attached hydrogen (secondary N) is 2. The van der Waals surface area contributed by atoms with E-state index in [1.54, 1.807) is 36.1 Å². The van der Waals surface area contributed by atoms with Crippen molar-refractivity contribution in [3.05, 3.63) is 65.9 Å². The van der Waals surface area contributed by atoms with E-state index in [-0.39, 0.29) is 18.9 Å². The first-order chi connectivity index (χ1) is 18.5. The second-order valence-corrected chi connectivity index (χ2v) is 9.78. The average Bonchev–Trinajstić information content (AvgIpc) is 3.24. The van der Waals surface area contributed by atoms with Gasteiger partial charge in [-0.25, -0.2) is 9.78 Å². The molecule has 0 spiro atoms. The second-order valence-electron chi connectivity index (χ2n) is 9.78. The predicted molar refractivity (Wildman–Crippen MR) is 152 cm³/mol. The Kier molecular flexibility index (Phi) is 8.31. The van der Waals surface area contributed by atoms with Gasteiger partial charge in [0, 0.05) is 68.7 Å². The molecule has 1 aliphatic rings. The monoisotopic (exact) mass is 554 g/mol. The highest BCUT2D eigenvalue weighted by molar-refractivity contribution is 5.99. The quantitative estimate of drug-likeness (QED) is 0.311. The molecule has 212 valence electrons. The summed E-state index contributed by atoms with van der Waals surface area (Å²) >= 11 is 0. The summed E-state index contributed by atoms with van der Waals surface area (Å²) in [5.41, 5.74) is 7.07. The number of anilines is 3. The highest BCUT2D eigenvalue weighted by Gasteiger charge is 2.31. The minimum atomic E-state index is -4.54. The van der Waals surface area contributed by atoms with E-state index >= 15 is 0 Å². The van der Waals surface area contributed by atoms with Crippen molar-refractivity contribution in [3.63, 3.8) is 0 Å². The van der Waals surface area contributed by atoms with E-state index in [0.29, 0.717) is 17.9 Å². The molecular weight excluding hydrogens is 521 g/mol. The van der Waals surface area contributed by atoms with Gasteiger partial charge in [0.05, 0.1) is 11.3 Å². The number of fused-ring (bicyclic) bond motifs is 1. The van der Waals surface area contributed by atoms with E-state index in [2.05, 4.69) is 30.5 Å². The van der Waals surface area contributed by atoms with Crippen molar-refractivity contribution in [3.8, 4) is 11.3 Å². The highest BCUT2D eigenvalue weighted by Crippen LogP contribution is 2.33. The van der Waals surface area contributed by atoms with Gasteiger partial charge < -0.3 is 16.0 Å². The van der Waals surface area contributed by atoms with Gasteiger partial charge >= 0.3 is 12.2 Å². The Labute approximate surface area is 230 Å². The number of pyridine rings is 1. The zero-order valence-corrected chi connectivity index (χ0v) is 21.6. The number of nitrogens with two attached hydrogens (primary N) is 1. The van der Waals surface area contributed by atoms with E-state index < -0.39 is 17.8 Å². The summed E-state index contributed by atoms with van der Waals surface area (Å²) in [5, 5.41) is 11.3. The van der Waals surface area contributed by atoms with E-state index in [1.807, 2.05) is 25.2 Å². The van der Waals surface area contributed by atoms with Crippen LogP contribution in [0, 0.1) is 0 Å². The van der Waals surface area contributed by atoms with Crippen LogP contribution in [0.2, 0.25) is 0 Å². The van der Waals surface area contributed by atoms with Crippen molar-refractivity contribution < 1.29 is 18.0 Å². The predicted octanol–water partition coefficient (Wildman–Crippen LogP) is 5.26. The smallest absolute Gasteiger partial charge is 0.384 e. The number of benzene rings is 2. The Balaban J connectivity index is 0.00000370. The number of urea groups is 1. The van der Waals surface area contributed by atoms with Gasteiger partial charge in [0.15, 0.2) is 5.82 Å². The van der Waals surface area contributed by atoms with Crippen LogP contribution in [0.5, 0.6) is 0 Å². The fraction of sp³-hybridized carbons (Fsp3) is 0.321. The summed E-state index contributed by atoms with van der Waals surface area (Å²) in [6.45, 7) is 3.59. The van der Waals surface area contributed by atoms with Crippen molar-refractivity contribution in [2.24, 2.45) is 7.05 Å². The summed E-state index contributed by atoms with van der Waals surface area (Å²) in [5.74, 6) is 0.686. The Bertz CT molecular complexity index is 1510. The van der Waals surface area contributed by atoms with Crippen LogP contribution in [-0.4, -0.2) is 63.8 Å². The van der Waals surface area contributed by atoms with Crippen LogP contribution in [0.1, 0.15) is 18.6 Å². The van der Waals surface area contributed by atoms with Crippen LogP contribution in [0.4, 0.5) is 35.3 Å². The zero-order valence-electron chi connectivity index (χ0n) is 21.6. The number of nitrogen functional groups attached to an aromatic ring is 1. The minimum absolute atomic E-state index is 0. The number of alkyl halides is 3. The topological polar surface area (TPSA) is 104 Å². The lowest BCUT2D eigenvalue weighted by molar-refractivity contribution is -0.137. The van der Waals surface area contributed by atoms with Crippen LogP contribution in [0.25, 0.3) is 22.0 Å². The molecule has 0 atom stereocenters. The van der Waals surface area contributed by atoms with Gasteiger partial charge in [0.2, 0.25) is 0 Å². The number of aromatic nitrogens is 3. The number of hydrogen-bond donors (Lipinski definition) is 3. The summed E-state index contributed by atoms with van der Waals surface area (Å²) in [7, 11) is 3.75. The third kappa shape index (κ3) is 6.69. The second kappa shape index (κ2) is 11.5. The van der Waals surface area contributed by atoms with Crippen LogP contribution in [0.15, 0.2) is 54.7 Å². The van der Waals surface area contributed by atoms with Crippen molar-refractivity contribution in [1.82, 2.24) is 24.6 Å². The first kappa shape index (κ1) is 28.8. The zero-order chi connectivity index (χ0) is 27.7. The molecular formula is C28H33F3N8O. The molecule has 1 saturated heterocycles. The van der Waals surface area contributed by atoms with Gasteiger partial charge in [-0.15, -0.1) is 0 Å². The van der Waals surface area contributed by atoms with Gasteiger partial charge in [0.25, 0.3) is 0 Å². The summed E-state index contributed by atoms with van der Waals surface area (Å²) in [6, 6.07) is 12.2. The first-order valence-corrected chi connectivity index (χ1v) is 12.4. The minimum Gasteiger partial charge on any atom is -0.384 e. The number of likely N-dealkylation sites (N-methyl/N-ethyl adjacent to an activating group) is 1. The molecule has 40 heavy (non-hydrogen) atoms. The lowest BCUT2D eigenvalue weighted by atomic mass is 10.1. The molecule has 5 rings (SSSR count). The Morgan fingerprint density at radius 2 is 1.73 bits per heavy atom. The Morgan fingerprint density at radius 3 is 2.45 bits per heavy atom. The maximum absolute atomic E-state index is 13.6. The number of hydrogen-bond acceptors (Lipinski definition) is 6. The molecule has 2 aromatic heterocycles. The van der Waals surface area contributed by atoms with E-state index in [0.717, 1.165) is 60.3 Å². The van der Waals surface area contributed by atoms with Crippen LogP contribution in [0.3, 0.4) is 0 Å². The number of carbonyl (C=O) groups excluding carboxylic acids is 1. The largest absolute Gasteiger partial charge is 0.416 e. The molecule has 4 N–H and O–H groups in total. The fourth-order valence-corrected chi connectivity index (χ4v) is 4.68. The number of piperazine rings is 1. The molecule has 9 nitrogen and oxygen atoms in total. The molecule has 12 heteroatoms. The summed E-state index contributed by atoms with van der Waals surface area (Å²) in [4.78, 5) is 21.2. The maximum atomic E-state index is 13.6. The Morgan fingerprint density at radius 1 is 0.975 bits per heavy atom. The lowest BCUT2D eigenvalue weighted by Gasteiger charge is -2.32. The van der Waals surface area contributed by atoms with Gasteiger partial charge in [0.1, 0.15) is 5.82 Å². The molecule has 3 heterocycles. The number of halogens is 3. The summed E-state index contributed by atoms with van der Waals surface area (Å²) in [6.07, 6.45) is -2.85. The molecule has 1 aliphatic heterocycles. The first-order valence-electron chi connectivity index (χ1n) is 12.4. The molecule has 4 aromatic rings. The average molecular weight is 555 g/mol.